The third-order valence-electron chi connectivity index (χ3n) is 5.07. The number of anilines is 1. The van der Waals surface area contributed by atoms with Gasteiger partial charge in [-0.05, 0) is 43.5 Å². The lowest BCUT2D eigenvalue weighted by Gasteiger charge is -2.15. The van der Waals surface area contributed by atoms with Crippen LogP contribution in [0.2, 0.25) is 5.02 Å². The van der Waals surface area contributed by atoms with Crippen LogP contribution in [0.4, 0.5) is 18.9 Å². The molecule has 0 aliphatic heterocycles. The zero-order valence-corrected chi connectivity index (χ0v) is 18.6. The minimum absolute atomic E-state index is 0.0341. The number of alkyl halides is 3. The number of carbonyl (C=O) groups is 1. The van der Waals surface area contributed by atoms with Crippen molar-refractivity contribution in [2.75, 3.05) is 5.32 Å². The summed E-state index contributed by atoms with van der Waals surface area (Å²) in [5.41, 5.74) is 0.126. The van der Waals surface area contributed by atoms with Crippen molar-refractivity contribution in [3.63, 3.8) is 0 Å². The Hall–Kier alpha value is -2.52. The molecule has 0 saturated heterocycles. The fourth-order valence-electron chi connectivity index (χ4n) is 3.19. The Labute approximate surface area is 192 Å². The minimum atomic E-state index is -4.53. The smallest absolute Gasteiger partial charge is 0.324 e. The summed E-state index contributed by atoms with van der Waals surface area (Å²) in [6.45, 7) is 2.25. The molecule has 0 unspecified atom stereocenters. The van der Waals surface area contributed by atoms with Gasteiger partial charge < -0.3 is 9.88 Å². The normalized spacial score (nSPS) is 14.9. The number of nitrogens with zero attached hydrogens (tertiary/aromatic N) is 3. The van der Waals surface area contributed by atoms with Gasteiger partial charge in [-0.1, -0.05) is 53.7 Å². The third kappa shape index (κ3) is 5.27. The molecule has 1 aliphatic carbocycles. The topological polar surface area (TPSA) is 59.8 Å². The van der Waals surface area contributed by atoms with E-state index in [2.05, 4.69) is 15.5 Å². The maximum atomic E-state index is 13.0. The number of benzene rings is 2. The van der Waals surface area contributed by atoms with E-state index in [1.54, 1.807) is 6.92 Å². The van der Waals surface area contributed by atoms with E-state index in [-0.39, 0.29) is 10.7 Å². The van der Waals surface area contributed by atoms with Crippen molar-refractivity contribution in [1.29, 1.82) is 0 Å². The highest BCUT2D eigenvalue weighted by atomic mass is 35.5. The van der Waals surface area contributed by atoms with Crippen molar-refractivity contribution in [2.24, 2.45) is 0 Å². The summed E-state index contributed by atoms with van der Waals surface area (Å²) in [6, 6.07) is 12.7. The number of halogens is 4. The lowest BCUT2D eigenvalue weighted by Crippen LogP contribution is -2.23. The van der Waals surface area contributed by atoms with Crippen molar-refractivity contribution >= 4 is 35.0 Å². The quantitative estimate of drug-likeness (QED) is 0.422. The largest absolute Gasteiger partial charge is 0.416 e. The average molecular weight is 481 g/mol. The molecule has 5 nitrogen and oxygen atoms in total. The highest BCUT2D eigenvalue weighted by molar-refractivity contribution is 8.00. The average Bonchev–Trinajstić information content (AvgIpc) is 3.52. The summed E-state index contributed by atoms with van der Waals surface area (Å²) >= 11 is 7.21. The van der Waals surface area contributed by atoms with E-state index in [4.69, 9.17) is 11.6 Å². The van der Waals surface area contributed by atoms with Gasteiger partial charge in [0, 0.05) is 5.92 Å². The van der Waals surface area contributed by atoms with E-state index in [1.807, 2.05) is 34.9 Å². The summed E-state index contributed by atoms with van der Waals surface area (Å²) in [5, 5.41) is 11.1. The summed E-state index contributed by atoms with van der Waals surface area (Å²) in [4.78, 5) is 12.7. The molecule has 168 valence electrons. The van der Waals surface area contributed by atoms with Gasteiger partial charge >= 0.3 is 6.18 Å². The van der Waals surface area contributed by atoms with E-state index < -0.39 is 22.9 Å². The number of aromatic nitrogens is 3. The van der Waals surface area contributed by atoms with E-state index in [9.17, 15) is 18.0 Å². The van der Waals surface area contributed by atoms with Crippen LogP contribution in [0.1, 0.15) is 42.6 Å². The predicted molar refractivity (Wildman–Crippen MR) is 118 cm³/mol. The summed E-state index contributed by atoms with van der Waals surface area (Å²) in [7, 11) is 0. The maximum absolute atomic E-state index is 13.0. The van der Waals surface area contributed by atoms with Crippen molar-refractivity contribution in [3.05, 3.63) is 70.5 Å². The van der Waals surface area contributed by atoms with Crippen LogP contribution in [0.3, 0.4) is 0 Å². The molecule has 32 heavy (non-hydrogen) atoms. The van der Waals surface area contributed by atoms with Gasteiger partial charge in [0.2, 0.25) is 5.91 Å². The molecule has 1 fully saturated rings. The number of carbonyl (C=O) groups excluding carboxylic acids is 1. The molecular formula is C22H20ClF3N4OS. The van der Waals surface area contributed by atoms with Gasteiger partial charge in [-0.25, -0.2) is 0 Å². The van der Waals surface area contributed by atoms with E-state index in [0.29, 0.717) is 17.6 Å². The SMILES string of the molecule is C[C@@H](Sc1nnc(C2CC2)n1Cc1ccccc1)C(=O)Nc1cc(C(F)(F)F)ccc1Cl. The fraction of sp³-hybridized carbons (Fsp3) is 0.318. The Morgan fingerprint density at radius 1 is 1.22 bits per heavy atom. The van der Waals surface area contributed by atoms with E-state index >= 15 is 0 Å². The Bertz CT molecular complexity index is 1120. The summed E-state index contributed by atoms with van der Waals surface area (Å²) < 4.78 is 41.0. The van der Waals surface area contributed by atoms with Crippen molar-refractivity contribution < 1.29 is 18.0 Å². The maximum Gasteiger partial charge on any atom is 0.416 e. The molecule has 1 atom stereocenters. The Balaban J connectivity index is 1.51. The number of thioether (sulfide) groups is 1. The predicted octanol–water partition coefficient (Wildman–Crippen LogP) is 6.00. The zero-order valence-electron chi connectivity index (χ0n) is 17.1. The second kappa shape index (κ2) is 9.15. The highest BCUT2D eigenvalue weighted by Crippen LogP contribution is 2.41. The van der Waals surface area contributed by atoms with Crippen LogP contribution in [0.15, 0.2) is 53.7 Å². The van der Waals surface area contributed by atoms with Crippen molar-refractivity contribution in [1.82, 2.24) is 14.8 Å². The molecule has 0 spiro atoms. The second-order valence-corrected chi connectivity index (χ2v) is 9.34. The molecule has 1 amide bonds. The first-order valence-electron chi connectivity index (χ1n) is 10.0. The van der Waals surface area contributed by atoms with Crippen LogP contribution in [0.5, 0.6) is 0 Å². The van der Waals surface area contributed by atoms with Gasteiger partial charge in [0.05, 0.1) is 28.1 Å². The Morgan fingerprint density at radius 2 is 1.94 bits per heavy atom. The van der Waals surface area contributed by atoms with Gasteiger partial charge in [-0.3, -0.25) is 4.79 Å². The third-order valence-corrected chi connectivity index (χ3v) is 6.48. The van der Waals surface area contributed by atoms with Crippen molar-refractivity contribution in [2.45, 2.75) is 48.8 Å². The van der Waals surface area contributed by atoms with Gasteiger partial charge in [0.15, 0.2) is 5.16 Å². The number of nitrogens with one attached hydrogen (secondary N) is 1. The monoisotopic (exact) mass is 480 g/mol. The van der Waals surface area contributed by atoms with E-state index in [1.165, 1.54) is 11.8 Å². The minimum Gasteiger partial charge on any atom is -0.324 e. The molecule has 1 N–H and O–H groups in total. The molecule has 1 saturated carbocycles. The molecule has 1 heterocycles. The van der Waals surface area contributed by atoms with Crippen LogP contribution in [-0.2, 0) is 17.5 Å². The van der Waals surface area contributed by atoms with Gasteiger partial charge in [0.1, 0.15) is 5.82 Å². The molecular weight excluding hydrogens is 461 g/mol. The van der Waals surface area contributed by atoms with Crippen molar-refractivity contribution in [3.8, 4) is 0 Å². The Kier molecular flexibility index (Phi) is 6.48. The fourth-order valence-corrected chi connectivity index (χ4v) is 4.21. The standard InChI is InChI=1S/C22H20ClF3N4OS/c1-13(20(31)27-18-11-16(22(24,25)26)9-10-17(18)23)32-21-29-28-19(15-7-8-15)30(21)12-14-5-3-2-4-6-14/h2-6,9-11,13,15H,7-8,12H2,1H3,(H,27,31)/t13-/m1/s1. The van der Waals surface area contributed by atoms with Crippen LogP contribution < -0.4 is 5.32 Å². The first kappa shape index (κ1) is 22.7. The molecule has 3 aromatic rings. The van der Waals surface area contributed by atoms with Gasteiger partial charge in [-0.2, -0.15) is 13.2 Å². The number of hydrogen-bond acceptors (Lipinski definition) is 4. The van der Waals surface area contributed by atoms with Crippen LogP contribution in [0, 0.1) is 0 Å². The zero-order chi connectivity index (χ0) is 22.9. The number of amides is 1. The molecule has 1 aromatic heterocycles. The van der Waals surface area contributed by atoms with E-state index in [0.717, 1.165) is 42.4 Å². The summed E-state index contributed by atoms with van der Waals surface area (Å²) in [6.07, 6.45) is -2.42. The van der Waals surface area contributed by atoms with Crippen LogP contribution in [-0.4, -0.2) is 25.9 Å². The molecule has 10 heteroatoms. The first-order chi connectivity index (χ1) is 15.2. The Morgan fingerprint density at radius 3 is 2.59 bits per heavy atom. The summed E-state index contributed by atoms with van der Waals surface area (Å²) in [5.74, 6) is 0.789. The van der Waals surface area contributed by atoms with Gasteiger partial charge in [-0.15, -0.1) is 10.2 Å². The molecule has 1 aliphatic rings. The highest BCUT2D eigenvalue weighted by Gasteiger charge is 2.32. The van der Waals surface area contributed by atoms with Crippen LogP contribution >= 0.6 is 23.4 Å². The van der Waals surface area contributed by atoms with Crippen LogP contribution in [0.25, 0.3) is 0 Å². The lowest BCUT2D eigenvalue weighted by atomic mass is 10.2. The molecule has 2 aromatic carbocycles. The first-order valence-corrected chi connectivity index (χ1v) is 11.3. The molecule has 0 radical (unpaired) electrons. The lowest BCUT2D eigenvalue weighted by molar-refractivity contribution is -0.137. The van der Waals surface area contributed by atoms with Gasteiger partial charge in [0.25, 0.3) is 0 Å². The number of hydrogen-bond donors (Lipinski definition) is 1. The molecule has 0 bridgehead atoms. The number of rotatable bonds is 7. The molecule has 4 rings (SSSR count). The second-order valence-electron chi connectivity index (χ2n) is 7.63.